The van der Waals surface area contributed by atoms with Crippen molar-refractivity contribution in [3.63, 3.8) is 0 Å². The van der Waals surface area contributed by atoms with Crippen LogP contribution in [0.1, 0.15) is 59.8 Å². The Hall–Kier alpha value is -3.39. The molecule has 2 aromatic heterocycles. The number of nitrogens with zero attached hydrogens (tertiary/aromatic N) is 3. The third-order valence-corrected chi connectivity index (χ3v) is 7.52. The maximum Gasteiger partial charge on any atom is 0.335 e. The summed E-state index contributed by atoms with van der Waals surface area (Å²) in [4.78, 5) is 36.7. The van der Waals surface area contributed by atoms with Gasteiger partial charge in [-0.3, -0.25) is 4.79 Å². The van der Waals surface area contributed by atoms with E-state index in [1.807, 2.05) is 26.0 Å². The van der Waals surface area contributed by atoms with Gasteiger partial charge in [0, 0.05) is 59.1 Å². The van der Waals surface area contributed by atoms with Crippen molar-refractivity contribution in [1.82, 2.24) is 14.9 Å². The molecule has 3 aromatic rings. The third kappa shape index (κ3) is 5.23. The van der Waals surface area contributed by atoms with Gasteiger partial charge in [0.25, 0.3) is 5.56 Å². The smallest absolute Gasteiger partial charge is 0.335 e. The molecule has 192 valence electrons. The molecule has 8 heteroatoms. The summed E-state index contributed by atoms with van der Waals surface area (Å²) < 4.78 is 0. The van der Waals surface area contributed by atoms with Gasteiger partial charge < -0.3 is 25.2 Å². The van der Waals surface area contributed by atoms with Gasteiger partial charge in [0.2, 0.25) is 0 Å². The van der Waals surface area contributed by atoms with E-state index < -0.39 is 5.97 Å². The number of aromatic carboxylic acids is 1. The molecular formula is C28H37N5O3. The maximum atomic E-state index is 12.5. The minimum Gasteiger partial charge on any atom is -0.478 e. The Labute approximate surface area is 212 Å². The largest absolute Gasteiger partial charge is 0.478 e. The van der Waals surface area contributed by atoms with Gasteiger partial charge in [-0.2, -0.15) is 0 Å². The highest BCUT2D eigenvalue weighted by Gasteiger charge is 2.28. The molecule has 0 bridgehead atoms. The molecule has 0 spiro atoms. The predicted octanol–water partition coefficient (Wildman–Crippen LogP) is 4.55. The molecule has 0 unspecified atom stereocenters. The SMILES string of the molecule is CCN(c1cc(C(=O)O)cc2c(NCc3c(C)cc(C)[nH]c3=O)nccc12)C1CCC(N(C)C)CC1. The summed E-state index contributed by atoms with van der Waals surface area (Å²) >= 11 is 0. The summed E-state index contributed by atoms with van der Waals surface area (Å²) in [6, 6.07) is 8.33. The number of nitrogens with one attached hydrogen (secondary N) is 2. The van der Waals surface area contributed by atoms with E-state index in [1.165, 1.54) is 0 Å². The number of pyridine rings is 2. The molecule has 0 atom stereocenters. The summed E-state index contributed by atoms with van der Waals surface area (Å²) in [5.41, 5.74) is 3.40. The van der Waals surface area contributed by atoms with E-state index in [0.717, 1.165) is 59.9 Å². The highest BCUT2D eigenvalue weighted by Crippen LogP contribution is 2.36. The number of aromatic amines is 1. The van der Waals surface area contributed by atoms with Gasteiger partial charge in [-0.1, -0.05) is 0 Å². The summed E-state index contributed by atoms with van der Waals surface area (Å²) in [5.74, 6) is -0.394. The molecule has 0 radical (unpaired) electrons. The molecule has 0 aliphatic heterocycles. The average Bonchev–Trinajstić information content (AvgIpc) is 2.84. The van der Waals surface area contributed by atoms with Crippen molar-refractivity contribution in [1.29, 1.82) is 0 Å². The highest BCUT2D eigenvalue weighted by atomic mass is 16.4. The van der Waals surface area contributed by atoms with E-state index in [9.17, 15) is 14.7 Å². The van der Waals surface area contributed by atoms with Gasteiger partial charge in [0.1, 0.15) is 5.82 Å². The van der Waals surface area contributed by atoms with E-state index in [2.05, 4.69) is 46.1 Å². The van der Waals surface area contributed by atoms with E-state index >= 15 is 0 Å². The fourth-order valence-electron chi connectivity index (χ4n) is 5.55. The number of aromatic nitrogens is 2. The van der Waals surface area contributed by atoms with Gasteiger partial charge in [-0.15, -0.1) is 0 Å². The van der Waals surface area contributed by atoms with Crippen LogP contribution in [0.15, 0.2) is 35.3 Å². The Bertz CT molecular complexity index is 1310. The molecule has 4 rings (SSSR count). The van der Waals surface area contributed by atoms with Gasteiger partial charge in [0.05, 0.1) is 5.56 Å². The lowest BCUT2D eigenvalue weighted by atomic mass is 9.89. The molecule has 1 aromatic carbocycles. The minimum absolute atomic E-state index is 0.127. The summed E-state index contributed by atoms with van der Waals surface area (Å²) in [7, 11) is 4.28. The Balaban J connectivity index is 1.72. The lowest BCUT2D eigenvalue weighted by molar-refractivity contribution is 0.0697. The average molecular weight is 492 g/mol. The zero-order chi connectivity index (χ0) is 26.0. The van der Waals surface area contributed by atoms with E-state index in [1.54, 1.807) is 18.3 Å². The van der Waals surface area contributed by atoms with Crippen LogP contribution in [0.2, 0.25) is 0 Å². The van der Waals surface area contributed by atoms with Crippen LogP contribution in [0.5, 0.6) is 0 Å². The molecule has 1 aliphatic rings. The quantitative estimate of drug-likeness (QED) is 0.425. The molecule has 36 heavy (non-hydrogen) atoms. The first kappa shape index (κ1) is 25.7. The van der Waals surface area contributed by atoms with E-state index in [0.29, 0.717) is 30.0 Å². The molecule has 0 saturated heterocycles. The Morgan fingerprint density at radius 3 is 2.42 bits per heavy atom. The first-order valence-electron chi connectivity index (χ1n) is 12.7. The maximum absolute atomic E-state index is 12.5. The Kier molecular flexibility index (Phi) is 7.64. The standard InChI is InChI=1S/C28H37N5O3/c1-6-33(21-9-7-20(8-10-21)32(4)5)25-15-19(28(35)36)14-23-22(25)11-12-29-26(23)30-16-24-17(2)13-18(3)31-27(24)34/h11-15,20-21H,6-10,16H2,1-5H3,(H,29,30)(H,31,34)(H,35,36). The van der Waals surface area contributed by atoms with Gasteiger partial charge in [-0.05, 0) is 90.4 Å². The van der Waals surface area contributed by atoms with Crippen LogP contribution >= 0.6 is 0 Å². The van der Waals surface area contributed by atoms with Crippen molar-refractivity contribution in [3.05, 3.63) is 63.2 Å². The number of H-pyrrole nitrogens is 1. The number of carbonyl (C=O) groups is 1. The van der Waals surface area contributed by atoms with Crippen LogP contribution in [-0.4, -0.2) is 58.7 Å². The topological polar surface area (TPSA) is 102 Å². The minimum atomic E-state index is -0.967. The number of rotatable bonds is 8. The van der Waals surface area contributed by atoms with Crippen LogP contribution in [0.4, 0.5) is 11.5 Å². The summed E-state index contributed by atoms with van der Waals surface area (Å²) in [6.45, 7) is 6.99. The normalized spacial score (nSPS) is 17.9. The molecule has 1 aliphatic carbocycles. The van der Waals surface area contributed by atoms with Gasteiger partial charge >= 0.3 is 5.97 Å². The lowest BCUT2D eigenvalue weighted by Crippen LogP contribution is -2.42. The number of hydrogen-bond acceptors (Lipinski definition) is 6. The molecular weight excluding hydrogens is 454 g/mol. The van der Waals surface area contributed by atoms with E-state index in [-0.39, 0.29) is 11.1 Å². The van der Waals surface area contributed by atoms with Crippen molar-refractivity contribution in [2.45, 2.75) is 65.1 Å². The third-order valence-electron chi connectivity index (χ3n) is 7.52. The lowest BCUT2D eigenvalue weighted by Gasteiger charge is -2.40. The number of fused-ring (bicyclic) bond motifs is 1. The molecule has 2 heterocycles. The number of carboxylic acid groups (broad SMARTS) is 1. The molecule has 8 nitrogen and oxygen atoms in total. The zero-order valence-corrected chi connectivity index (χ0v) is 21.9. The monoisotopic (exact) mass is 491 g/mol. The highest BCUT2D eigenvalue weighted by molar-refractivity contribution is 6.05. The molecule has 1 fully saturated rings. The first-order chi connectivity index (χ1) is 17.2. The van der Waals surface area contributed by atoms with Crippen molar-refractivity contribution >= 4 is 28.2 Å². The summed E-state index contributed by atoms with van der Waals surface area (Å²) in [5, 5.41) is 14.9. The molecule has 1 saturated carbocycles. The predicted molar refractivity (Wildman–Crippen MR) is 145 cm³/mol. The number of aryl methyl sites for hydroxylation is 2. The second-order valence-electron chi connectivity index (χ2n) is 10.1. The Morgan fingerprint density at radius 2 is 1.81 bits per heavy atom. The van der Waals surface area contributed by atoms with Crippen LogP contribution in [-0.2, 0) is 6.54 Å². The van der Waals surface area contributed by atoms with Gasteiger partial charge in [0.15, 0.2) is 0 Å². The van der Waals surface area contributed by atoms with Crippen molar-refractivity contribution in [3.8, 4) is 0 Å². The van der Waals surface area contributed by atoms with Crippen molar-refractivity contribution in [2.75, 3.05) is 30.9 Å². The number of carboxylic acids is 1. The van der Waals surface area contributed by atoms with Crippen molar-refractivity contribution < 1.29 is 9.90 Å². The fourth-order valence-corrected chi connectivity index (χ4v) is 5.55. The second-order valence-corrected chi connectivity index (χ2v) is 10.1. The number of benzene rings is 1. The second kappa shape index (κ2) is 10.7. The Morgan fingerprint density at radius 1 is 1.11 bits per heavy atom. The van der Waals surface area contributed by atoms with Crippen molar-refractivity contribution in [2.24, 2.45) is 0 Å². The molecule has 0 amide bonds. The fraction of sp³-hybridized carbons (Fsp3) is 0.464. The van der Waals surface area contributed by atoms with Gasteiger partial charge in [-0.25, -0.2) is 9.78 Å². The van der Waals surface area contributed by atoms with Crippen LogP contribution in [0, 0.1) is 13.8 Å². The van der Waals surface area contributed by atoms with E-state index in [4.69, 9.17) is 0 Å². The van der Waals surface area contributed by atoms with Crippen LogP contribution < -0.4 is 15.8 Å². The number of hydrogen-bond donors (Lipinski definition) is 3. The van der Waals surface area contributed by atoms with Crippen LogP contribution in [0.25, 0.3) is 10.8 Å². The summed E-state index contributed by atoms with van der Waals surface area (Å²) in [6.07, 6.45) is 6.15. The van der Waals surface area contributed by atoms with Crippen LogP contribution in [0.3, 0.4) is 0 Å². The molecule has 3 N–H and O–H groups in total. The number of anilines is 2. The zero-order valence-electron chi connectivity index (χ0n) is 21.9. The first-order valence-corrected chi connectivity index (χ1v) is 12.7.